The van der Waals surface area contributed by atoms with Crippen molar-refractivity contribution in [1.82, 2.24) is 5.09 Å². The molecule has 0 bridgehead atoms. The molecule has 3 unspecified atom stereocenters. The maximum Gasteiger partial charge on any atom is 0.405 e. The monoisotopic (exact) mass is 201 g/mol. The average Bonchev–Trinajstić information content (AvgIpc) is 2.18. The second-order valence-corrected chi connectivity index (χ2v) is 4.94. The molecule has 1 heterocycles. The van der Waals surface area contributed by atoms with E-state index >= 15 is 0 Å². The largest absolute Gasteiger partial charge is 0.405 e. The highest BCUT2D eigenvalue weighted by Crippen LogP contribution is 2.47. The fourth-order valence-electron chi connectivity index (χ4n) is 1.46. The van der Waals surface area contributed by atoms with Crippen LogP contribution in [0.3, 0.4) is 0 Å². The van der Waals surface area contributed by atoms with Gasteiger partial charge in [0.25, 0.3) is 0 Å². The fourth-order valence-corrected chi connectivity index (χ4v) is 2.76. The highest BCUT2D eigenvalue weighted by molar-refractivity contribution is 7.51. The van der Waals surface area contributed by atoms with Crippen molar-refractivity contribution in [1.29, 1.82) is 0 Å². The molecule has 5 heteroatoms. The van der Waals surface area contributed by atoms with Crippen molar-refractivity contribution in [3.8, 4) is 0 Å². The molecule has 3 atom stereocenters. The van der Waals surface area contributed by atoms with Crippen LogP contribution in [0.1, 0.15) is 0 Å². The molecular formula is C8H12NO3P. The lowest BCUT2D eigenvalue weighted by molar-refractivity contribution is 0.165. The van der Waals surface area contributed by atoms with Gasteiger partial charge in [-0.15, -0.1) is 0 Å². The molecule has 72 valence electrons. The third kappa shape index (κ3) is 1.76. The maximum absolute atomic E-state index is 11.6. The molecule has 13 heavy (non-hydrogen) atoms. The third-order valence-corrected chi connectivity index (χ3v) is 3.82. The first-order valence-electron chi connectivity index (χ1n) is 4.17. The van der Waals surface area contributed by atoms with Crippen LogP contribution < -0.4 is 5.09 Å². The standard InChI is InChI=1S/C8H12NO3P/c1-11-13(10)9-8-5-3-2-4-7(8)6-12-13/h2-5,7-8H,6H2,1H3,(H,9,10). The minimum absolute atomic E-state index is 0.0736. The summed E-state index contributed by atoms with van der Waals surface area (Å²) >= 11 is 0. The molecule has 0 saturated carbocycles. The van der Waals surface area contributed by atoms with Gasteiger partial charge in [-0.2, -0.15) is 0 Å². The van der Waals surface area contributed by atoms with E-state index in [-0.39, 0.29) is 12.0 Å². The summed E-state index contributed by atoms with van der Waals surface area (Å²) in [5, 5.41) is 2.85. The molecule has 1 aliphatic heterocycles. The Kier molecular flexibility index (Phi) is 2.39. The van der Waals surface area contributed by atoms with Crippen LogP contribution in [0.25, 0.3) is 0 Å². The van der Waals surface area contributed by atoms with Gasteiger partial charge in [0.1, 0.15) is 0 Å². The summed E-state index contributed by atoms with van der Waals surface area (Å²) in [6, 6.07) is 0.0736. The van der Waals surface area contributed by atoms with Crippen molar-refractivity contribution in [3.05, 3.63) is 24.3 Å². The van der Waals surface area contributed by atoms with Crippen LogP contribution in [-0.2, 0) is 13.6 Å². The SMILES string of the molecule is COP1(=O)NC2C=CC=CC2CO1. The molecule has 1 fully saturated rings. The molecule has 0 spiro atoms. The zero-order valence-corrected chi connectivity index (χ0v) is 8.24. The summed E-state index contributed by atoms with van der Waals surface area (Å²) in [7, 11) is -1.63. The van der Waals surface area contributed by atoms with Gasteiger partial charge in [0.2, 0.25) is 0 Å². The number of nitrogens with one attached hydrogen (secondary N) is 1. The van der Waals surface area contributed by atoms with Gasteiger partial charge in [0.05, 0.1) is 6.61 Å². The Morgan fingerprint density at radius 2 is 2.31 bits per heavy atom. The van der Waals surface area contributed by atoms with E-state index in [0.717, 1.165) is 0 Å². The number of fused-ring (bicyclic) bond motifs is 1. The average molecular weight is 201 g/mol. The molecule has 0 radical (unpaired) electrons. The molecule has 0 amide bonds. The van der Waals surface area contributed by atoms with Crippen molar-refractivity contribution in [2.45, 2.75) is 6.04 Å². The molecule has 1 saturated heterocycles. The van der Waals surface area contributed by atoms with Crippen LogP contribution in [0, 0.1) is 5.92 Å². The molecule has 0 aromatic rings. The third-order valence-electron chi connectivity index (χ3n) is 2.23. The highest BCUT2D eigenvalue weighted by Gasteiger charge is 2.36. The summed E-state index contributed by atoms with van der Waals surface area (Å²) in [5.41, 5.74) is 0. The minimum Gasteiger partial charge on any atom is -0.300 e. The zero-order valence-electron chi connectivity index (χ0n) is 7.34. The summed E-state index contributed by atoms with van der Waals surface area (Å²) in [4.78, 5) is 0. The Labute approximate surface area is 77.2 Å². The Morgan fingerprint density at radius 3 is 3.08 bits per heavy atom. The van der Waals surface area contributed by atoms with Crippen molar-refractivity contribution in [3.63, 3.8) is 0 Å². The van der Waals surface area contributed by atoms with Gasteiger partial charge >= 0.3 is 7.75 Å². The Balaban J connectivity index is 2.13. The van der Waals surface area contributed by atoms with Crippen molar-refractivity contribution >= 4 is 7.75 Å². The van der Waals surface area contributed by atoms with E-state index in [9.17, 15) is 4.57 Å². The Morgan fingerprint density at radius 1 is 1.54 bits per heavy atom. The van der Waals surface area contributed by atoms with Crippen LogP contribution >= 0.6 is 7.75 Å². The quantitative estimate of drug-likeness (QED) is 0.652. The van der Waals surface area contributed by atoms with Gasteiger partial charge in [0, 0.05) is 19.1 Å². The van der Waals surface area contributed by atoms with E-state index in [0.29, 0.717) is 6.61 Å². The lowest BCUT2D eigenvalue weighted by atomic mass is 9.97. The van der Waals surface area contributed by atoms with Crippen LogP contribution in [0.15, 0.2) is 24.3 Å². The molecule has 0 aromatic heterocycles. The predicted octanol–water partition coefficient (Wildman–Crippen LogP) is 1.47. The first-order valence-corrected chi connectivity index (χ1v) is 5.71. The second-order valence-electron chi connectivity index (χ2n) is 3.06. The predicted molar refractivity (Wildman–Crippen MR) is 49.3 cm³/mol. The Bertz CT molecular complexity index is 300. The zero-order chi connectivity index (χ0) is 9.31. The normalized spacial score (nSPS) is 43.2. The van der Waals surface area contributed by atoms with Gasteiger partial charge in [-0.3, -0.25) is 4.52 Å². The fraction of sp³-hybridized carbons (Fsp3) is 0.500. The maximum atomic E-state index is 11.6. The number of hydrogen-bond acceptors (Lipinski definition) is 3. The van der Waals surface area contributed by atoms with E-state index in [4.69, 9.17) is 9.05 Å². The summed E-state index contributed by atoms with van der Waals surface area (Å²) in [5.74, 6) is 0.266. The Hall–Kier alpha value is -0.410. The van der Waals surface area contributed by atoms with E-state index < -0.39 is 7.75 Å². The summed E-state index contributed by atoms with van der Waals surface area (Å²) in [6.45, 7) is 0.448. The topological polar surface area (TPSA) is 47.6 Å². The van der Waals surface area contributed by atoms with Gasteiger partial charge < -0.3 is 4.52 Å². The lowest BCUT2D eigenvalue weighted by Gasteiger charge is -2.33. The smallest absolute Gasteiger partial charge is 0.300 e. The van der Waals surface area contributed by atoms with E-state index in [2.05, 4.69) is 5.09 Å². The number of allylic oxidation sites excluding steroid dienone is 2. The van der Waals surface area contributed by atoms with Crippen LogP contribution in [0.4, 0.5) is 0 Å². The van der Waals surface area contributed by atoms with Crippen LogP contribution in [0.5, 0.6) is 0 Å². The van der Waals surface area contributed by atoms with Crippen molar-refractivity contribution < 1.29 is 13.6 Å². The molecule has 2 rings (SSSR count). The van der Waals surface area contributed by atoms with Crippen molar-refractivity contribution in [2.24, 2.45) is 5.92 Å². The highest BCUT2D eigenvalue weighted by atomic mass is 31.2. The van der Waals surface area contributed by atoms with Crippen LogP contribution in [-0.4, -0.2) is 19.8 Å². The summed E-state index contributed by atoms with van der Waals surface area (Å²) < 4.78 is 21.6. The number of hydrogen-bond donors (Lipinski definition) is 1. The van der Waals surface area contributed by atoms with Gasteiger partial charge in [-0.05, 0) is 0 Å². The van der Waals surface area contributed by atoms with Gasteiger partial charge in [-0.25, -0.2) is 9.65 Å². The number of rotatable bonds is 1. The van der Waals surface area contributed by atoms with Crippen LogP contribution in [0.2, 0.25) is 0 Å². The minimum atomic E-state index is -3.02. The molecule has 2 aliphatic rings. The van der Waals surface area contributed by atoms with Gasteiger partial charge in [-0.1, -0.05) is 24.3 Å². The molecule has 0 aromatic carbocycles. The van der Waals surface area contributed by atoms with Crippen molar-refractivity contribution in [2.75, 3.05) is 13.7 Å². The molecule has 1 N–H and O–H groups in total. The molecule has 4 nitrogen and oxygen atoms in total. The van der Waals surface area contributed by atoms with E-state index in [1.165, 1.54) is 7.11 Å². The van der Waals surface area contributed by atoms with E-state index in [1.54, 1.807) is 0 Å². The van der Waals surface area contributed by atoms with E-state index in [1.807, 2.05) is 24.3 Å². The molecular weight excluding hydrogens is 189 g/mol. The first-order chi connectivity index (χ1) is 6.23. The first kappa shape index (κ1) is 9.16. The summed E-state index contributed by atoms with van der Waals surface area (Å²) in [6.07, 6.45) is 7.91. The molecule has 1 aliphatic carbocycles. The lowest BCUT2D eigenvalue weighted by Crippen LogP contribution is -2.40. The van der Waals surface area contributed by atoms with Gasteiger partial charge in [0.15, 0.2) is 0 Å². The second kappa shape index (κ2) is 3.39.